The number of esters is 1. The SMILES string of the molecule is CCCCCCCC/C=C\CCCC[C@H]1CCC(=O)O1. The van der Waals surface area contributed by atoms with Crippen LogP contribution in [0.2, 0.25) is 0 Å². The molecule has 2 nitrogen and oxygen atoms in total. The molecule has 1 heterocycles. The molecule has 0 N–H and O–H groups in total. The highest BCUT2D eigenvalue weighted by Gasteiger charge is 2.22. The van der Waals surface area contributed by atoms with E-state index in [4.69, 9.17) is 4.74 Å². The van der Waals surface area contributed by atoms with E-state index in [1.165, 1.54) is 64.2 Å². The Kier molecular flexibility index (Phi) is 10.3. The van der Waals surface area contributed by atoms with Crippen LogP contribution in [0.3, 0.4) is 0 Å². The first-order chi connectivity index (χ1) is 9.83. The molecule has 0 bridgehead atoms. The van der Waals surface area contributed by atoms with Crippen molar-refractivity contribution in [1.29, 1.82) is 0 Å². The zero-order valence-electron chi connectivity index (χ0n) is 13.2. The fraction of sp³-hybridized carbons (Fsp3) is 0.833. The predicted octanol–water partition coefficient (Wildman–Crippen LogP) is 5.56. The maximum atomic E-state index is 10.9. The smallest absolute Gasteiger partial charge is 0.306 e. The molecule has 0 aromatic carbocycles. The second-order valence-electron chi connectivity index (χ2n) is 5.96. The fourth-order valence-corrected chi connectivity index (χ4v) is 2.70. The summed E-state index contributed by atoms with van der Waals surface area (Å²) in [6.07, 6.45) is 20.6. The maximum absolute atomic E-state index is 10.9. The van der Waals surface area contributed by atoms with E-state index >= 15 is 0 Å². The van der Waals surface area contributed by atoms with Crippen LogP contribution in [-0.2, 0) is 9.53 Å². The average molecular weight is 280 g/mol. The molecule has 1 rings (SSSR count). The summed E-state index contributed by atoms with van der Waals surface area (Å²) in [6.45, 7) is 2.26. The van der Waals surface area contributed by atoms with Crippen molar-refractivity contribution in [2.24, 2.45) is 0 Å². The Morgan fingerprint density at radius 1 is 1.00 bits per heavy atom. The quantitative estimate of drug-likeness (QED) is 0.266. The monoisotopic (exact) mass is 280 g/mol. The Morgan fingerprint density at radius 2 is 1.65 bits per heavy atom. The van der Waals surface area contributed by atoms with Gasteiger partial charge >= 0.3 is 5.97 Å². The van der Waals surface area contributed by atoms with Crippen molar-refractivity contribution in [2.75, 3.05) is 0 Å². The first kappa shape index (κ1) is 17.3. The molecule has 0 spiro atoms. The van der Waals surface area contributed by atoms with Crippen molar-refractivity contribution >= 4 is 5.97 Å². The van der Waals surface area contributed by atoms with Crippen molar-refractivity contribution in [1.82, 2.24) is 0 Å². The minimum atomic E-state index is -0.00571. The summed E-state index contributed by atoms with van der Waals surface area (Å²) < 4.78 is 5.20. The topological polar surface area (TPSA) is 26.3 Å². The number of carbonyl (C=O) groups is 1. The van der Waals surface area contributed by atoms with Crippen molar-refractivity contribution in [3.63, 3.8) is 0 Å². The van der Waals surface area contributed by atoms with Gasteiger partial charge in [-0.1, -0.05) is 51.2 Å². The van der Waals surface area contributed by atoms with Crippen LogP contribution in [0.5, 0.6) is 0 Å². The molecule has 1 fully saturated rings. The molecule has 0 amide bonds. The van der Waals surface area contributed by atoms with Gasteiger partial charge in [0, 0.05) is 6.42 Å². The van der Waals surface area contributed by atoms with Crippen molar-refractivity contribution < 1.29 is 9.53 Å². The number of carbonyl (C=O) groups excluding carboxylic acids is 1. The molecule has 0 unspecified atom stereocenters. The number of rotatable bonds is 12. The number of unbranched alkanes of at least 4 members (excludes halogenated alkanes) is 8. The molecule has 0 aromatic heterocycles. The lowest BCUT2D eigenvalue weighted by Crippen LogP contribution is -2.05. The van der Waals surface area contributed by atoms with Crippen molar-refractivity contribution in [3.8, 4) is 0 Å². The summed E-state index contributed by atoms with van der Waals surface area (Å²) in [4.78, 5) is 10.9. The predicted molar refractivity (Wildman–Crippen MR) is 84.7 cm³/mol. The molecule has 2 heteroatoms. The summed E-state index contributed by atoms with van der Waals surface area (Å²) in [5.74, 6) is -0.00571. The highest BCUT2D eigenvalue weighted by Crippen LogP contribution is 2.19. The van der Waals surface area contributed by atoms with Gasteiger partial charge in [-0.15, -0.1) is 0 Å². The van der Waals surface area contributed by atoms with Gasteiger partial charge in [-0.05, 0) is 44.9 Å². The van der Waals surface area contributed by atoms with Crippen LogP contribution >= 0.6 is 0 Å². The van der Waals surface area contributed by atoms with E-state index in [1.807, 2.05) is 0 Å². The molecule has 0 radical (unpaired) electrons. The van der Waals surface area contributed by atoms with E-state index in [0.29, 0.717) is 6.42 Å². The van der Waals surface area contributed by atoms with Gasteiger partial charge in [0.25, 0.3) is 0 Å². The highest BCUT2D eigenvalue weighted by atomic mass is 16.5. The zero-order valence-corrected chi connectivity index (χ0v) is 13.2. The number of ether oxygens (including phenoxy) is 1. The van der Waals surface area contributed by atoms with Gasteiger partial charge in [-0.2, -0.15) is 0 Å². The second-order valence-corrected chi connectivity index (χ2v) is 5.96. The van der Waals surface area contributed by atoms with E-state index in [0.717, 1.165) is 12.8 Å². The van der Waals surface area contributed by atoms with Gasteiger partial charge in [-0.3, -0.25) is 4.79 Å². The van der Waals surface area contributed by atoms with Crippen molar-refractivity contribution in [3.05, 3.63) is 12.2 Å². The molecule has 1 atom stereocenters. The average Bonchev–Trinajstić information content (AvgIpc) is 2.86. The Morgan fingerprint density at radius 3 is 2.30 bits per heavy atom. The third-order valence-corrected chi connectivity index (χ3v) is 4.01. The molecule has 20 heavy (non-hydrogen) atoms. The molecule has 0 aliphatic carbocycles. The Hall–Kier alpha value is -0.790. The van der Waals surface area contributed by atoms with E-state index in [1.54, 1.807) is 0 Å². The standard InChI is InChI=1S/C18H32O2/c1-2-3-4-5-6-7-8-9-10-11-12-13-14-17-15-16-18(19)20-17/h9-10,17H,2-8,11-16H2,1H3/b10-9-/t17-/m0/s1. The molecule has 1 saturated heterocycles. The summed E-state index contributed by atoms with van der Waals surface area (Å²) in [5, 5.41) is 0. The number of cyclic esters (lactones) is 1. The number of hydrogen-bond donors (Lipinski definition) is 0. The van der Waals surface area contributed by atoms with Gasteiger partial charge in [0.15, 0.2) is 0 Å². The Labute approximate surface area is 125 Å². The largest absolute Gasteiger partial charge is 0.462 e. The van der Waals surface area contributed by atoms with Gasteiger partial charge in [-0.25, -0.2) is 0 Å². The molecule has 1 aliphatic rings. The molecule has 0 saturated carbocycles. The van der Waals surface area contributed by atoms with Gasteiger partial charge in [0.1, 0.15) is 6.10 Å². The van der Waals surface area contributed by atoms with Crippen LogP contribution in [0, 0.1) is 0 Å². The maximum Gasteiger partial charge on any atom is 0.306 e. The first-order valence-corrected chi connectivity index (χ1v) is 8.67. The summed E-state index contributed by atoms with van der Waals surface area (Å²) in [7, 11) is 0. The molecule has 116 valence electrons. The third kappa shape index (κ3) is 9.17. The molecule has 1 aliphatic heterocycles. The van der Waals surface area contributed by atoms with Crippen LogP contribution in [0.4, 0.5) is 0 Å². The van der Waals surface area contributed by atoms with Crippen LogP contribution in [0.1, 0.15) is 90.4 Å². The zero-order chi connectivity index (χ0) is 14.5. The lowest BCUT2D eigenvalue weighted by Gasteiger charge is -2.07. The minimum Gasteiger partial charge on any atom is -0.462 e. The normalized spacial score (nSPS) is 18.9. The Balaban J connectivity index is 1.79. The summed E-state index contributed by atoms with van der Waals surface area (Å²) >= 11 is 0. The van der Waals surface area contributed by atoms with Crippen LogP contribution in [0.15, 0.2) is 12.2 Å². The van der Waals surface area contributed by atoms with E-state index in [-0.39, 0.29) is 12.1 Å². The number of allylic oxidation sites excluding steroid dienone is 2. The first-order valence-electron chi connectivity index (χ1n) is 8.67. The summed E-state index contributed by atoms with van der Waals surface area (Å²) in [5.41, 5.74) is 0. The third-order valence-electron chi connectivity index (χ3n) is 4.01. The van der Waals surface area contributed by atoms with Gasteiger partial charge in [0.2, 0.25) is 0 Å². The van der Waals surface area contributed by atoms with Crippen molar-refractivity contribution in [2.45, 2.75) is 96.5 Å². The van der Waals surface area contributed by atoms with E-state index in [9.17, 15) is 4.79 Å². The minimum absolute atomic E-state index is 0.00571. The number of hydrogen-bond acceptors (Lipinski definition) is 2. The van der Waals surface area contributed by atoms with Crippen LogP contribution in [0.25, 0.3) is 0 Å². The second kappa shape index (κ2) is 12.0. The lowest BCUT2D eigenvalue weighted by atomic mass is 10.1. The molecule has 0 aromatic rings. The van der Waals surface area contributed by atoms with Crippen LogP contribution < -0.4 is 0 Å². The summed E-state index contributed by atoms with van der Waals surface area (Å²) in [6, 6.07) is 0. The van der Waals surface area contributed by atoms with E-state index < -0.39 is 0 Å². The fourth-order valence-electron chi connectivity index (χ4n) is 2.70. The van der Waals surface area contributed by atoms with Gasteiger partial charge < -0.3 is 4.74 Å². The van der Waals surface area contributed by atoms with E-state index in [2.05, 4.69) is 19.1 Å². The molecular formula is C18H32O2. The van der Waals surface area contributed by atoms with Crippen LogP contribution in [-0.4, -0.2) is 12.1 Å². The lowest BCUT2D eigenvalue weighted by molar-refractivity contribution is -0.141. The van der Waals surface area contributed by atoms with Gasteiger partial charge in [0.05, 0.1) is 0 Å². The molecular weight excluding hydrogens is 248 g/mol. The highest BCUT2D eigenvalue weighted by molar-refractivity contribution is 5.71. The Bertz CT molecular complexity index is 271.